The Bertz CT molecular complexity index is 547. The second kappa shape index (κ2) is 6.48. The summed E-state index contributed by atoms with van der Waals surface area (Å²) < 4.78 is 0.642. The van der Waals surface area contributed by atoms with Gasteiger partial charge in [-0.1, -0.05) is 29.2 Å². The number of anilines is 1. The molecule has 0 aliphatic rings. The molecule has 2 rings (SSSR count). The summed E-state index contributed by atoms with van der Waals surface area (Å²) >= 11 is 2.51. The van der Waals surface area contributed by atoms with Gasteiger partial charge in [-0.05, 0) is 18.6 Å². The Balaban J connectivity index is 1.94. The third kappa shape index (κ3) is 4.18. The van der Waals surface area contributed by atoms with Crippen molar-refractivity contribution in [3.8, 4) is 0 Å². The fourth-order valence-electron chi connectivity index (χ4n) is 1.35. The standard InChI is InChI=1S/C11H12N4O2S2/c1-7(8-3-2-4-12-5-8)13-10-14-15-11(19-10)18-6-9(16)17/h2-5,7H,6H2,1H3,(H,13,14)(H,16,17). The van der Waals surface area contributed by atoms with Crippen LogP contribution in [0, 0.1) is 0 Å². The molecule has 0 aromatic carbocycles. The number of nitrogens with one attached hydrogen (secondary N) is 1. The van der Waals surface area contributed by atoms with E-state index in [2.05, 4.69) is 20.5 Å². The predicted octanol–water partition coefficient (Wildman–Crippen LogP) is 2.28. The number of hydrogen-bond acceptors (Lipinski definition) is 7. The average Bonchev–Trinajstić information content (AvgIpc) is 2.85. The molecule has 6 nitrogen and oxygen atoms in total. The Kier molecular flexibility index (Phi) is 4.69. The van der Waals surface area contributed by atoms with Crippen LogP contribution in [0.1, 0.15) is 18.5 Å². The van der Waals surface area contributed by atoms with E-state index in [0.29, 0.717) is 9.47 Å². The van der Waals surface area contributed by atoms with Gasteiger partial charge in [0.1, 0.15) is 0 Å². The number of rotatable bonds is 6. The van der Waals surface area contributed by atoms with E-state index >= 15 is 0 Å². The van der Waals surface area contributed by atoms with Crippen LogP contribution in [0.25, 0.3) is 0 Å². The van der Waals surface area contributed by atoms with Crippen LogP contribution >= 0.6 is 23.1 Å². The first-order valence-electron chi connectivity index (χ1n) is 5.49. The molecule has 1 unspecified atom stereocenters. The molecule has 2 N–H and O–H groups in total. The zero-order chi connectivity index (χ0) is 13.7. The maximum Gasteiger partial charge on any atom is 0.313 e. The molecule has 0 radical (unpaired) electrons. The molecule has 0 spiro atoms. The summed E-state index contributed by atoms with van der Waals surface area (Å²) in [6.07, 6.45) is 3.51. The lowest BCUT2D eigenvalue weighted by molar-refractivity contribution is -0.133. The lowest BCUT2D eigenvalue weighted by Crippen LogP contribution is -2.06. The third-order valence-electron chi connectivity index (χ3n) is 2.25. The first-order valence-corrected chi connectivity index (χ1v) is 7.30. The van der Waals surface area contributed by atoms with E-state index in [4.69, 9.17) is 5.11 Å². The average molecular weight is 296 g/mol. The van der Waals surface area contributed by atoms with Gasteiger partial charge < -0.3 is 10.4 Å². The molecular weight excluding hydrogens is 284 g/mol. The summed E-state index contributed by atoms with van der Waals surface area (Å²) in [7, 11) is 0. The van der Waals surface area contributed by atoms with Crippen molar-refractivity contribution >= 4 is 34.2 Å². The van der Waals surface area contributed by atoms with Gasteiger partial charge in [-0.3, -0.25) is 9.78 Å². The van der Waals surface area contributed by atoms with Crippen molar-refractivity contribution in [1.82, 2.24) is 15.2 Å². The predicted molar refractivity (Wildman–Crippen MR) is 74.5 cm³/mol. The van der Waals surface area contributed by atoms with Gasteiger partial charge in [-0.25, -0.2) is 0 Å². The highest BCUT2D eigenvalue weighted by Gasteiger charge is 2.10. The topological polar surface area (TPSA) is 88.0 Å². The van der Waals surface area contributed by atoms with Crippen molar-refractivity contribution in [1.29, 1.82) is 0 Å². The molecule has 2 aromatic rings. The largest absolute Gasteiger partial charge is 0.481 e. The molecule has 8 heteroatoms. The van der Waals surface area contributed by atoms with Crippen molar-refractivity contribution in [3.63, 3.8) is 0 Å². The van der Waals surface area contributed by atoms with E-state index in [1.807, 2.05) is 19.1 Å². The first-order chi connectivity index (χ1) is 9.15. The Morgan fingerprint density at radius 1 is 1.58 bits per heavy atom. The number of carboxylic acids is 1. The zero-order valence-corrected chi connectivity index (χ0v) is 11.7. The molecule has 0 amide bonds. The van der Waals surface area contributed by atoms with Crippen molar-refractivity contribution in [2.75, 3.05) is 11.1 Å². The minimum absolute atomic E-state index is 0.00715. The van der Waals surface area contributed by atoms with Crippen LogP contribution in [0.4, 0.5) is 5.13 Å². The SMILES string of the molecule is CC(Nc1nnc(SCC(=O)O)s1)c1cccnc1. The number of pyridine rings is 1. The highest BCUT2D eigenvalue weighted by atomic mass is 32.2. The Morgan fingerprint density at radius 3 is 3.11 bits per heavy atom. The van der Waals surface area contributed by atoms with E-state index in [1.54, 1.807) is 12.4 Å². The maximum atomic E-state index is 10.5. The van der Waals surface area contributed by atoms with Gasteiger partial charge in [0.2, 0.25) is 5.13 Å². The Hall–Kier alpha value is -1.67. The van der Waals surface area contributed by atoms with Crippen molar-refractivity contribution in [2.24, 2.45) is 0 Å². The van der Waals surface area contributed by atoms with Gasteiger partial charge in [0, 0.05) is 12.4 Å². The molecule has 0 fully saturated rings. The van der Waals surface area contributed by atoms with Gasteiger partial charge in [0.25, 0.3) is 0 Å². The number of nitrogens with zero attached hydrogens (tertiary/aromatic N) is 3. The number of aliphatic carboxylic acids is 1. The van der Waals surface area contributed by atoms with E-state index in [0.717, 1.165) is 5.56 Å². The molecule has 19 heavy (non-hydrogen) atoms. The quantitative estimate of drug-likeness (QED) is 0.790. The Morgan fingerprint density at radius 2 is 2.42 bits per heavy atom. The molecule has 2 aromatic heterocycles. The summed E-state index contributed by atoms with van der Waals surface area (Å²) in [6, 6.07) is 3.92. The van der Waals surface area contributed by atoms with Crippen LogP contribution in [0.2, 0.25) is 0 Å². The molecule has 0 aliphatic heterocycles. The third-order valence-corrected chi connectivity index (χ3v) is 4.22. The fraction of sp³-hybridized carbons (Fsp3) is 0.273. The second-order valence-electron chi connectivity index (χ2n) is 3.71. The minimum Gasteiger partial charge on any atom is -0.481 e. The van der Waals surface area contributed by atoms with Crippen molar-refractivity contribution in [3.05, 3.63) is 30.1 Å². The number of hydrogen-bond donors (Lipinski definition) is 2. The highest BCUT2D eigenvalue weighted by molar-refractivity contribution is 8.01. The molecule has 0 aliphatic carbocycles. The maximum absolute atomic E-state index is 10.5. The van der Waals surface area contributed by atoms with Crippen molar-refractivity contribution < 1.29 is 9.90 Å². The molecule has 2 heterocycles. The van der Waals surface area contributed by atoms with Crippen LogP contribution in [-0.4, -0.2) is 32.0 Å². The summed E-state index contributed by atoms with van der Waals surface area (Å²) in [5, 5.41) is 20.4. The summed E-state index contributed by atoms with van der Waals surface area (Å²) in [5.74, 6) is -0.870. The second-order valence-corrected chi connectivity index (χ2v) is 5.91. The molecule has 0 saturated carbocycles. The first kappa shape index (κ1) is 13.8. The summed E-state index contributed by atoms with van der Waals surface area (Å²) in [5.41, 5.74) is 1.05. The fourth-order valence-corrected chi connectivity index (χ4v) is 2.91. The molecule has 0 saturated heterocycles. The smallest absolute Gasteiger partial charge is 0.313 e. The normalized spacial score (nSPS) is 12.1. The van der Waals surface area contributed by atoms with E-state index in [1.165, 1.54) is 23.1 Å². The molecule has 1 atom stereocenters. The Labute approximate surface area is 118 Å². The highest BCUT2D eigenvalue weighted by Crippen LogP contribution is 2.27. The number of aromatic nitrogens is 3. The number of carboxylic acid groups (broad SMARTS) is 1. The molecular formula is C11H12N4O2S2. The van der Waals surface area contributed by atoms with E-state index < -0.39 is 5.97 Å². The van der Waals surface area contributed by atoms with Crippen LogP contribution in [0.5, 0.6) is 0 Å². The number of thioether (sulfide) groups is 1. The van der Waals surface area contributed by atoms with Gasteiger partial charge >= 0.3 is 5.97 Å². The number of carbonyl (C=O) groups is 1. The molecule has 100 valence electrons. The van der Waals surface area contributed by atoms with E-state index in [-0.39, 0.29) is 11.8 Å². The lowest BCUT2D eigenvalue weighted by Gasteiger charge is -2.11. The summed E-state index contributed by atoms with van der Waals surface area (Å²) in [4.78, 5) is 14.5. The van der Waals surface area contributed by atoms with Crippen LogP contribution in [0.3, 0.4) is 0 Å². The zero-order valence-electron chi connectivity index (χ0n) is 10.1. The van der Waals surface area contributed by atoms with E-state index in [9.17, 15) is 4.79 Å². The lowest BCUT2D eigenvalue weighted by atomic mass is 10.1. The monoisotopic (exact) mass is 296 g/mol. The van der Waals surface area contributed by atoms with Crippen LogP contribution in [0.15, 0.2) is 28.9 Å². The van der Waals surface area contributed by atoms with Crippen molar-refractivity contribution in [2.45, 2.75) is 17.3 Å². The van der Waals surface area contributed by atoms with Crippen LogP contribution in [-0.2, 0) is 4.79 Å². The van der Waals surface area contributed by atoms with Gasteiger partial charge in [-0.2, -0.15) is 0 Å². The van der Waals surface area contributed by atoms with Gasteiger partial charge in [0.15, 0.2) is 4.34 Å². The van der Waals surface area contributed by atoms with Crippen LogP contribution < -0.4 is 5.32 Å². The minimum atomic E-state index is -0.863. The van der Waals surface area contributed by atoms with Gasteiger partial charge in [0.05, 0.1) is 11.8 Å². The molecule has 0 bridgehead atoms. The summed E-state index contributed by atoms with van der Waals surface area (Å²) in [6.45, 7) is 2.00. The van der Waals surface area contributed by atoms with Gasteiger partial charge in [-0.15, -0.1) is 10.2 Å².